The van der Waals surface area contributed by atoms with Crippen molar-refractivity contribution >= 4 is 17.0 Å². The molecule has 0 atom stereocenters. The van der Waals surface area contributed by atoms with Crippen molar-refractivity contribution < 1.29 is 13.9 Å². The maximum Gasteiger partial charge on any atom is 0.244 e. The molecule has 1 aromatic carbocycles. The Morgan fingerprint density at radius 3 is 2.89 bits per heavy atom. The number of ether oxygens (including phenoxy) is 1. The summed E-state index contributed by atoms with van der Waals surface area (Å²) in [6.45, 7) is 1.09. The monoisotopic (exact) mass is 261 g/mol. The van der Waals surface area contributed by atoms with Gasteiger partial charge in [0, 0.05) is 13.2 Å². The molecular weight excluding hydrogens is 246 g/mol. The Morgan fingerprint density at radius 2 is 2.16 bits per heavy atom. The van der Waals surface area contributed by atoms with E-state index in [2.05, 4.69) is 10.4 Å². The Kier molecular flexibility index (Phi) is 2.96. The standard InChI is InChI=1S/C13H15N3O3/c14-16-12(17)13(3-5-18-6-4-13)9-1-2-10-11(7-9)19-8-15-10/h1-2,7-8H,3-6,14H2,(H,16,17). The van der Waals surface area contributed by atoms with E-state index in [1.807, 2.05) is 18.2 Å². The summed E-state index contributed by atoms with van der Waals surface area (Å²) in [7, 11) is 0. The van der Waals surface area contributed by atoms with Crippen LogP contribution in [0.25, 0.3) is 11.1 Å². The van der Waals surface area contributed by atoms with Gasteiger partial charge >= 0.3 is 0 Å². The highest BCUT2D eigenvalue weighted by Gasteiger charge is 2.41. The number of oxazole rings is 1. The SMILES string of the molecule is NNC(=O)C1(c2ccc3ncoc3c2)CCOCC1. The average molecular weight is 261 g/mol. The smallest absolute Gasteiger partial charge is 0.244 e. The van der Waals surface area contributed by atoms with Crippen molar-refractivity contribution in [1.82, 2.24) is 10.4 Å². The summed E-state index contributed by atoms with van der Waals surface area (Å²) in [6, 6.07) is 5.63. The highest BCUT2D eigenvalue weighted by atomic mass is 16.5. The third-order valence-electron chi connectivity index (χ3n) is 3.80. The molecule has 1 saturated heterocycles. The predicted octanol–water partition coefficient (Wildman–Crippen LogP) is 0.866. The fourth-order valence-corrected chi connectivity index (χ4v) is 2.66. The van der Waals surface area contributed by atoms with Gasteiger partial charge in [0.15, 0.2) is 12.0 Å². The lowest BCUT2D eigenvalue weighted by molar-refractivity contribution is -0.130. The van der Waals surface area contributed by atoms with Crippen LogP contribution in [0.2, 0.25) is 0 Å². The first kappa shape index (κ1) is 12.1. The lowest BCUT2D eigenvalue weighted by Crippen LogP contribution is -2.50. The van der Waals surface area contributed by atoms with E-state index in [-0.39, 0.29) is 5.91 Å². The van der Waals surface area contributed by atoms with Crippen LogP contribution in [0.3, 0.4) is 0 Å². The van der Waals surface area contributed by atoms with Crippen molar-refractivity contribution in [3.63, 3.8) is 0 Å². The number of nitrogens with one attached hydrogen (secondary N) is 1. The van der Waals surface area contributed by atoms with Gasteiger partial charge in [0.1, 0.15) is 5.52 Å². The molecule has 3 rings (SSSR count). The quantitative estimate of drug-likeness (QED) is 0.475. The molecule has 1 aliphatic heterocycles. The molecule has 1 fully saturated rings. The van der Waals surface area contributed by atoms with E-state index in [4.69, 9.17) is 15.0 Å². The first-order valence-corrected chi connectivity index (χ1v) is 6.19. The van der Waals surface area contributed by atoms with Crippen LogP contribution in [0.5, 0.6) is 0 Å². The molecule has 1 aliphatic rings. The van der Waals surface area contributed by atoms with Crippen molar-refractivity contribution in [2.24, 2.45) is 5.84 Å². The van der Waals surface area contributed by atoms with E-state index in [9.17, 15) is 4.79 Å². The summed E-state index contributed by atoms with van der Waals surface area (Å²) < 4.78 is 10.7. The lowest BCUT2D eigenvalue weighted by atomic mass is 9.73. The molecule has 0 aliphatic carbocycles. The molecule has 3 N–H and O–H groups in total. The minimum absolute atomic E-state index is 0.185. The van der Waals surface area contributed by atoms with Gasteiger partial charge in [-0.25, -0.2) is 10.8 Å². The summed E-state index contributed by atoms with van der Waals surface area (Å²) in [6.07, 6.45) is 2.61. The molecular formula is C13H15N3O3. The van der Waals surface area contributed by atoms with Gasteiger partial charge in [-0.3, -0.25) is 10.2 Å². The number of hydrazine groups is 1. The van der Waals surface area contributed by atoms with Gasteiger partial charge in [-0.05, 0) is 30.5 Å². The Hall–Kier alpha value is -1.92. The number of hydrogen-bond donors (Lipinski definition) is 2. The molecule has 6 heteroatoms. The van der Waals surface area contributed by atoms with Gasteiger partial charge in [-0.15, -0.1) is 0 Å². The van der Waals surface area contributed by atoms with E-state index in [1.165, 1.54) is 6.39 Å². The number of nitrogens with two attached hydrogens (primary N) is 1. The van der Waals surface area contributed by atoms with E-state index in [0.29, 0.717) is 31.6 Å². The Balaban J connectivity index is 2.09. The molecule has 19 heavy (non-hydrogen) atoms. The van der Waals surface area contributed by atoms with Gasteiger partial charge in [-0.2, -0.15) is 0 Å². The molecule has 0 unspecified atom stereocenters. The van der Waals surface area contributed by atoms with Gasteiger partial charge in [-0.1, -0.05) is 6.07 Å². The summed E-state index contributed by atoms with van der Waals surface area (Å²) >= 11 is 0. The molecule has 0 radical (unpaired) electrons. The van der Waals surface area contributed by atoms with Crippen LogP contribution in [0, 0.1) is 0 Å². The zero-order chi connectivity index (χ0) is 13.3. The number of benzene rings is 1. The Labute approximate surface area is 109 Å². The zero-order valence-electron chi connectivity index (χ0n) is 10.4. The second-order valence-corrected chi connectivity index (χ2v) is 4.70. The van der Waals surface area contributed by atoms with Crippen molar-refractivity contribution in [2.45, 2.75) is 18.3 Å². The minimum Gasteiger partial charge on any atom is -0.443 e. The van der Waals surface area contributed by atoms with Crippen LogP contribution < -0.4 is 11.3 Å². The molecule has 0 saturated carbocycles. The Bertz CT molecular complexity index is 602. The van der Waals surface area contributed by atoms with Crippen LogP contribution in [-0.4, -0.2) is 24.1 Å². The number of fused-ring (bicyclic) bond motifs is 1. The van der Waals surface area contributed by atoms with Gasteiger partial charge in [0.25, 0.3) is 0 Å². The molecule has 6 nitrogen and oxygen atoms in total. The summed E-state index contributed by atoms with van der Waals surface area (Å²) in [5, 5.41) is 0. The maximum absolute atomic E-state index is 12.2. The van der Waals surface area contributed by atoms with Crippen molar-refractivity contribution in [3.8, 4) is 0 Å². The minimum atomic E-state index is -0.645. The van der Waals surface area contributed by atoms with Gasteiger partial charge < -0.3 is 9.15 Å². The first-order chi connectivity index (χ1) is 9.26. The third-order valence-corrected chi connectivity index (χ3v) is 3.80. The van der Waals surface area contributed by atoms with E-state index >= 15 is 0 Å². The molecule has 0 bridgehead atoms. The third kappa shape index (κ3) is 1.89. The molecule has 100 valence electrons. The molecule has 1 amide bonds. The second-order valence-electron chi connectivity index (χ2n) is 4.70. The average Bonchev–Trinajstić information content (AvgIpc) is 2.94. The first-order valence-electron chi connectivity index (χ1n) is 6.19. The zero-order valence-corrected chi connectivity index (χ0v) is 10.4. The number of hydrogen-bond acceptors (Lipinski definition) is 5. The summed E-state index contributed by atoms with van der Waals surface area (Å²) in [5.41, 5.74) is 3.97. The predicted molar refractivity (Wildman–Crippen MR) is 68.1 cm³/mol. The number of nitrogens with zero attached hydrogens (tertiary/aromatic N) is 1. The van der Waals surface area contributed by atoms with Crippen molar-refractivity contribution in [2.75, 3.05) is 13.2 Å². The molecule has 2 aromatic rings. The molecule has 1 aromatic heterocycles. The number of rotatable bonds is 2. The Morgan fingerprint density at radius 1 is 1.37 bits per heavy atom. The molecule has 2 heterocycles. The van der Waals surface area contributed by atoms with E-state index < -0.39 is 5.41 Å². The van der Waals surface area contributed by atoms with E-state index in [1.54, 1.807) is 0 Å². The lowest BCUT2D eigenvalue weighted by Gasteiger charge is -2.35. The molecule has 0 spiro atoms. The van der Waals surface area contributed by atoms with Crippen LogP contribution >= 0.6 is 0 Å². The highest BCUT2D eigenvalue weighted by molar-refractivity contribution is 5.89. The van der Waals surface area contributed by atoms with Crippen molar-refractivity contribution in [1.29, 1.82) is 0 Å². The maximum atomic E-state index is 12.2. The van der Waals surface area contributed by atoms with Crippen LogP contribution in [0.1, 0.15) is 18.4 Å². The number of carbonyl (C=O) groups excluding carboxylic acids is 1. The topological polar surface area (TPSA) is 90.4 Å². The number of amides is 1. The van der Waals surface area contributed by atoms with Gasteiger partial charge in [0.2, 0.25) is 5.91 Å². The van der Waals surface area contributed by atoms with Crippen LogP contribution in [0.4, 0.5) is 0 Å². The summed E-state index contributed by atoms with van der Waals surface area (Å²) in [5.74, 6) is 5.16. The number of carbonyl (C=O) groups is 1. The summed E-state index contributed by atoms with van der Waals surface area (Å²) in [4.78, 5) is 16.3. The largest absolute Gasteiger partial charge is 0.443 e. The van der Waals surface area contributed by atoms with Crippen LogP contribution in [-0.2, 0) is 14.9 Å². The fourth-order valence-electron chi connectivity index (χ4n) is 2.66. The fraction of sp³-hybridized carbons (Fsp3) is 0.385. The highest BCUT2D eigenvalue weighted by Crippen LogP contribution is 2.36. The second kappa shape index (κ2) is 4.64. The van der Waals surface area contributed by atoms with Crippen molar-refractivity contribution in [3.05, 3.63) is 30.2 Å². The number of aromatic nitrogens is 1. The van der Waals surface area contributed by atoms with E-state index in [0.717, 1.165) is 11.1 Å². The van der Waals surface area contributed by atoms with Crippen LogP contribution in [0.15, 0.2) is 29.0 Å². The normalized spacial score (nSPS) is 18.4. The van der Waals surface area contributed by atoms with Gasteiger partial charge in [0.05, 0.1) is 5.41 Å².